The first-order valence-corrected chi connectivity index (χ1v) is 8.12. The van der Waals surface area contributed by atoms with Gasteiger partial charge in [0.25, 0.3) is 5.91 Å². The summed E-state index contributed by atoms with van der Waals surface area (Å²) >= 11 is 1.29. The number of pyridine rings is 1. The first-order chi connectivity index (χ1) is 11.1. The second-order valence-electron chi connectivity index (χ2n) is 4.88. The maximum atomic E-state index is 12.7. The van der Waals surface area contributed by atoms with Gasteiger partial charge >= 0.3 is 0 Å². The Kier molecular flexibility index (Phi) is 4.08. The molecule has 0 saturated carbocycles. The average Bonchev–Trinajstić information content (AvgIpc) is 2.56. The van der Waals surface area contributed by atoms with Crippen LogP contribution in [0.3, 0.4) is 0 Å². The van der Waals surface area contributed by atoms with Crippen LogP contribution in [0.4, 0.5) is 5.69 Å². The number of aromatic hydroxyl groups is 1. The molecule has 2 aromatic carbocycles. The van der Waals surface area contributed by atoms with Gasteiger partial charge < -0.3 is 15.4 Å². The van der Waals surface area contributed by atoms with Crippen molar-refractivity contribution in [3.05, 3.63) is 64.3 Å². The van der Waals surface area contributed by atoms with Crippen molar-refractivity contribution in [3.8, 4) is 5.75 Å². The summed E-state index contributed by atoms with van der Waals surface area (Å²) in [6, 6.07) is 13.4. The number of amides is 1. The van der Waals surface area contributed by atoms with E-state index in [0.717, 1.165) is 0 Å². The number of phenols is 1. The van der Waals surface area contributed by atoms with Gasteiger partial charge in [0.15, 0.2) is 0 Å². The van der Waals surface area contributed by atoms with E-state index < -0.39 is 5.91 Å². The summed E-state index contributed by atoms with van der Waals surface area (Å²) in [5, 5.41) is 13.3. The van der Waals surface area contributed by atoms with E-state index in [1.807, 2.05) is 6.07 Å². The predicted molar refractivity (Wildman–Crippen MR) is 92.4 cm³/mol. The predicted octanol–water partition coefficient (Wildman–Crippen LogP) is 3.21. The molecule has 3 rings (SSSR count). The van der Waals surface area contributed by atoms with Gasteiger partial charge in [-0.2, -0.15) is 0 Å². The normalized spacial score (nSPS) is 10.7. The smallest absolute Gasteiger partial charge is 0.262 e. The monoisotopic (exact) mass is 326 g/mol. The van der Waals surface area contributed by atoms with Crippen molar-refractivity contribution < 1.29 is 9.90 Å². The van der Waals surface area contributed by atoms with Crippen LogP contribution in [0.15, 0.2) is 58.4 Å². The number of aromatic amines is 1. The number of hydrogen-bond acceptors (Lipinski definition) is 4. The Morgan fingerprint density at radius 3 is 2.57 bits per heavy atom. The van der Waals surface area contributed by atoms with Gasteiger partial charge in [-0.05, 0) is 30.5 Å². The van der Waals surface area contributed by atoms with Gasteiger partial charge in [0.2, 0.25) is 5.43 Å². The Labute approximate surface area is 136 Å². The number of nitrogens with one attached hydrogen (secondary N) is 2. The van der Waals surface area contributed by atoms with Crippen LogP contribution in [0.25, 0.3) is 10.9 Å². The molecule has 0 spiro atoms. The van der Waals surface area contributed by atoms with Crippen LogP contribution < -0.4 is 10.7 Å². The van der Waals surface area contributed by atoms with Crippen molar-refractivity contribution in [2.45, 2.75) is 5.03 Å². The third-order valence-electron chi connectivity index (χ3n) is 3.46. The Hall–Kier alpha value is -2.73. The zero-order chi connectivity index (χ0) is 16.4. The molecule has 23 heavy (non-hydrogen) atoms. The first-order valence-electron chi connectivity index (χ1n) is 6.90. The van der Waals surface area contributed by atoms with Gasteiger partial charge in [0, 0.05) is 5.39 Å². The van der Waals surface area contributed by atoms with Crippen LogP contribution in [0, 0.1) is 0 Å². The number of fused-ring (bicyclic) bond motifs is 1. The van der Waals surface area contributed by atoms with Gasteiger partial charge in [-0.1, -0.05) is 24.3 Å². The summed E-state index contributed by atoms with van der Waals surface area (Å²) in [4.78, 5) is 28.3. The van der Waals surface area contributed by atoms with Gasteiger partial charge in [0.05, 0.1) is 16.2 Å². The van der Waals surface area contributed by atoms with E-state index in [0.29, 0.717) is 15.9 Å². The molecular weight excluding hydrogens is 312 g/mol. The molecule has 1 aromatic heterocycles. The Morgan fingerprint density at radius 2 is 1.83 bits per heavy atom. The topological polar surface area (TPSA) is 82.2 Å². The molecule has 0 radical (unpaired) electrons. The summed E-state index contributed by atoms with van der Waals surface area (Å²) < 4.78 is 0. The van der Waals surface area contributed by atoms with E-state index in [-0.39, 0.29) is 22.4 Å². The van der Waals surface area contributed by atoms with Crippen LogP contribution in [-0.4, -0.2) is 22.3 Å². The summed E-state index contributed by atoms with van der Waals surface area (Å²) in [5.74, 6) is -0.605. The number of anilines is 1. The van der Waals surface area contributed by atoms with Gasteiger partial charge in [-0.15, -0.1) is 11.8 Å². The molecule has 0 saturated heterocycles. The maximum absolute atomic E-state index is 12.7. The van der Waals surface area contributed by atoms with E-state index in [1.165, 1.54) is 17.8 Å². The van der Waals surface area contributed by atoms with Crippen molar-refractivity contribution >= 4 is 34.3 Å². The lowest BCUT2D eigenvalue weighted by Crippen LogP contribution is -2.23. The van der Waals surface area contributed by atoms with Crippen LogP contribution in [-0.2, 0) is 0 Å². The van der Waals surface area contributed by atoms with Crippen molar-refractivity contribution in [2.24, 2.45) is 0 Å². The van der Waals surface area contributed by atoms with Crippen molar-refractivity contribution in [2.75, 3.05) is 11.6 Å². The molecular formula is C17H14N2O3S. The summed E-state index contributed by atoms with van der Waals surface area (Å²) in [5.41, 5.74) is 0.647. The number of carbonyl (C=O) groups is 1. The SMILES string of the molecule is CSc1[nH]c2ccccc2c(=O)c1C(=O)Nc1ccccc1O. The number of hydrogen-bond donors (Lipinski definition) is 3. The number of carbonyl (C=O) groups excluding carboxylic acids is 1. The molecule has 0 aliphatic rings. The fourth-order valence-electron chi connectivity index (χ4n) is 2.34. The Morgan fingerprint density at radius 1 is 1.13 bits per heavy atom. The minimum Gasteiger partial charge on any atom is -0.506 e. The van der Waals surface area contributed by atoms with E-state index in [9.17, 15) is 14.7 Å². The fourth-order valence-corrected chi connectivity index (χ4v) is 2.94. The number of aromatic nitrogens is 1. The molecule has 0 atom stereocenters. The number of phenolic OH excluding ortho intramolecular Hbond substituents is 1. The summed E-state index contributed by atoms with van der Waals surface area (Å²) in [7, 11) is 0. The first kappa shape index (κ1) is 15.2. The largest absolute Gasteiger partial charge is 0.506 e. The zero-order valence-electron chi connectivity index (χ0n) is 12.3. The highest BCUT2D eigenvalue weighted by Gasteiger charge is 2.19. The maximum Gasteiger partial charge on any atom is 0.262 e. The number of rotatable bonds is 3. The second-order valence-corrected chi connectivity index (χ2v) is 5.70. The van der Waals surface area contributed by atoms with Crippen molar-refractivity contribution in [3.63, 3.8) is 0 Å². The summed E-state index contributed by atoms with van der Waals surface area (Å²) in [6.45, 7) is 0. The lowest BCUT2D eigenvalue weighted by molar-refractivity contribution is 0.102. The molecule has 3 N–H and O–H groups in total. The molecule has 5 nitrogen and oxygen atoms in total. The highest BCUT2D eigenvalue weighted by Crippen LogP contribution is 2.24. The number of thioether (sulfide) groups is 1. The number of benzene rings is 2. The van der Waals surface area contributed by atoms with Gasteiger partial charge in [0.1, 0.15) is 11.3 Å². The van der Waals surface area contributed by atoms with E-state index in [4.69, 9.17) is 0 Å². The zero-order valence-corrected chi connectivity index (χ0v) is 13.1. The Balaban J connectivity index is 2.11. The molecule has 116 valence electrons. The van der Waals surface area contributed by atoms with E-state index >= 15 is 0 Å². The molecule has 0 fully saturated rings. The van der Waals surface area contributed by atoms with Crippen molar-refractivity contribution in [1.29, 1.82) is 0 Å². The van der Waals surface area contributed by atoms with Gasteiger partial charge in [-0.25, -0.2) is 0 Å². The molecule has 0 unspecified atom stereocenters. The quantitative estimate of drug-likeness (QED) is 0.510. The van der Waals surface area contributed by atoms with E-state index in [1.54, 1.807) is 42.7 Å². The summed E-state index contributed by atoms with van der Waals surface area (Å²) in [6.07, 6.45) is 1.79. The molecule has 3 aromatic rings. The third-order valence-corrected chi connectivity index (χ3v) is 4.17. The van der Waals surface area contributed by atoms with Crippen LogP contribution in [0.2, 0.25) is 0 Å². The van der Waals surface area contributed by atoms with Crippen molar-refractivity contribution in [1.82, 2.24) is 4.98 Å². The highest BCUT2D eigenvalue weighted by atomic mass is 32.2. The standard InChI is InChI=1S/C17H14N2O3S/c1-23-17-14(15(21)10-6-2-3-7-11(10)19-17)16(22)18-12-8-4-5-9-13(12)20/h2-9,20H,1H3,(H,18,22)(H,19,21). The lowest BCUT2D eigenvalue weighted by atomic mass is 10.1. The number of para-hydroxylation sites is 3. The molecule has 1 amide bonds. The lowest BCUT2D eigenvalue weighted by Gasteiger charge is -2.11. The molecule has 0 aliphatic carbocycles. The van der Waals surface area contributed by atoms with Crippen LogP contribution in [0.5, 0.6) is 5.75 Å². The molecule has 6 heteroatoms. The second kappa shape index (κ2) is 6.18. The minimum absolute atomic E-state index is 0.0412. The van der Waals surface area contributed by atoms with Crippen LogP contribution >= 0.6 is 11.8 Å². The minimum atomic E-state index is -0.553. The number of H-pyrrole nitrogens is 1. The van der Waals surface area contributed by atoms with Crippen LogP contribution in [0.1, 0.15) is 10.4 Å². The van der Waals surface area contributed by atoms with Gasteiger partial charge in [-0.3, -0.25) is 9.59 Å². The highest BCUT2D eigenvalue weighted by molar-refractivity contribution is 7.98. The molecule has 1 heterocycles. The Bertz CT molecular complexity index is 950. The molecule has 0 aliphatic heterocycles. The fraction of sp³-hybridized carbons (Fsp3) is 0.0588. The van der Waals surface area contributed by atoms with E-state index in [2.05, 4.69) is 10.3 Å². The molecule has 0 bridgehead atoms. The average molecular weight is 326 g/mol. The third kappa shape index (κ3) is 2.80.